The lowest BCUT2D eigenvalue weighted by Crippen LogP contribution is -2.27. The molecule has 100 valence electrons. The summed E-state index contributed by atoms with van der Waals surface area (Å²) >= 11 is 0. The number of nitrogens with one attached hydrogen (secondary N) is 1. The summed E-state index contributed by atoms with van der Waals surface area (Å²) in [5, 5.41) is 10.7. The summed E-state index contributed by atoms with van der Waals surface area (Å²) in [6.07, 6.45) is 0.524. The van der Waals surface area contributed by atoms with Crippen molar-refractivity contribution in [1.29, 1.82) is 0 Å². The molecule has 0 unspecified atom stereocenters. The highest BCUT2D eigenvalue weighted by molar-refractivity contribution is 7.88. The standard InChI is InChI=1S/C10H15N3O4S/c11-6-3-7-12-18(16,17)8-9-4-1-2-5-10(9)13(14)15/h1-2,4-5,12H,3,6-8,11H2. The van der Waals surface area contributed by atoms with Gasteiger partial charge in [-0.2, -0.15) is 0 Å². The van der Waals surface area contributed by atoms with Gasteiger partial charge in [0.05, 0.1) is 10.7 Å². The molecule has 1 aromatic rings. The minimum atomic E-state index is -3.57. The Morgan fingerprint density at radius 3 is 2.61 bits per heavy atom. The van der Waals surface area contributed by atoms with E-state index in [2.05, 4.69) is 4.72 Å². The Morgan fingerprint density at radius 2 is 2.00 bits per heavy atom. The van der Waals surface area contributed by atoms with Crippen molar-refractivity contribution in [3.05, 3.63) is 39.9 Å². The van der Waals surface area contributed by atoms with E-state index in [-0.39, 0.29) is 17.8 Å². The molecule has 0 spiro atoms. The first-order chi connectivity index (χ1) is 8.46. The highest BCUT2D eigenvalue weighted by Gasteiger charge is 2.18. The molecule has 0 saturated carbocycles. The lowest BCUT2D eigenvalue weighted by molar-refractivity contribution is -0.385. The second kappa shape index (κ2) is 6.43. The van der Waals surface area contributed by atoms with Gasteiger partial charge in [-0.25, -0.2) is 13.1 Å². The van der Waals surface area contributed by atoms with Gasteiger partial charge in [-0.05, 0) is 13.0 Å². The second-order valence-corrected chi connectivity index (χ2v) is 5.49. The number of nitrogens with two attached hydrogens (primary N) is 1. The number of rotatable bonds is 7. The molecule has 0 fully saturated rings. The molecular formula is C10H15N3O4S. The number of nitro groups is 1. The average Bonchev–Trinajstić information content (AvgIpc) is 2.29. The van der Waals surface area contributed by atoms with Crippen LogP contribution in [0, 0.1) is 10.1 Å². The van der Waals surface area contributed by atoms with E-state index in [0.717, 1.165) is 0 Å². The summed E-state index contributed by atoms with van der Waals surface area (Å²) in [4.78, 5) is 10.1. The molecule has 1 aromatic carbocycles. The van der Waals surface area contributed by atoms with Gasteiger partial charge in [0.15, 0.2) is 0 Å². The van der Waals surface area contributed by atoms with Crippen LogP contribution in [-0.2, 0) is 15.8 Å². The largest absolute Gasteiger partial charge is 0.330 e. The van der Waals surface area contributed by atoms with Crippen molar-refractivity contribution in [2.45, 2.75) is 12.2 Å². The Morgan fingerprint density at radius 1 is 1.33 bits per heavy atom. The molecule has 0 bridgehead atoms. The molecule has 18 heavy (non-hydrogen) atoms. The Kier molecular flexibility index (Phi) is 5.20. The molecule has 1 rings (SSSR count). The normalized spacial score (nSPS) is 11.4. The highest BCUT2D eigenvalue weighted by Crippen LogP contribution is 2.19. The van der Waals surface area contributed by atoms with Gasteiger partial charge in [0.2, 0.25) is 10.0 Å². The van der Waals surface area contributed by atoms with E-state index in [9.17, 15) is 18.5 Å². The van der Waals surface area contributed by atoms with Crippen LogP contribution in [0.2, 0.25) is 0 Å². The molecule has 0 atom stereocenters. The van der Waals surface area contributed by atoms with Gasteiger partial charge in [0.1, 0.15) is 0 Å². The van der Waals surface area contributed by atoms with E-state index in [1.807, 2.05) is 0 Å². The molecule has 0 saturated heterocycles. The lowest BCUT2D eigenvalue weighted by Gasteiger charge is -2.06. The fourth-order valence-corrected chi connectivity index (χ4v) is 2.61. The summed E-state index contributed by atoms with van der Waals surface area (Å²) in [6.45, 7) is 0.619. The van der Waals surface area contributed by atoms with Gasteiger partial charge in [0, 0.05) is 18.2 Å². The van der Waals surface area contributed by atoms with Crippen molar-refractivity contribution in [2.24, 2.45) is 5.73 Å². The average molecular weight is 273 g/mol. The fourth-order valence-electron chi connectivity index (χ4n) is 1.40. The van der Waals surface area contributed by atoms with E-state index in [4.69, 9.17) is 5.73 Å². The molecule has 0 heterocycles. The smallest absolute Gasteiger partial charge is 0.273 e. The quantitative estimate of drug-likeness (QED) is 0.423. The number of benzene rings is 1. The Labute approximate surface area is 105 Å². The number of nitro benzene ring substituents is 1. The number of nitrogens with zero attached hydrogens (tertiary/aromatic N) is 1. The van der Waals surface area contributed by atoms with E-state index in [1.54, 1.807) is 6.07 Å². The van der Waals surface area contributed by atoms with Crippen LogP contribution in [0.25, 0.3) is 0 Å². The van der Waals surface area contributed by atoms with Gasteiger partial charge in [0.25, 0.3) is 5.69 Å². The van der Waals surface area contributed by atoms with Gasteiger partial charge >= 0.3 is 0 Å². The van der Waals surface area contributed by atoms with Crippen molar-refractivity contribution in [1.82, 2.24) is 4.72 Å². The molecule has 3 N–H and O–H groups in total. The van der Waals surface area contributed by atoms with Gasteiger partial charge < -0.3 is 5.73 Å². The summed E-state index contributed by atoms with van der Waals surface area (Å²) in [5.41, 5.74) is 5.23. The van der Waals surface area contributed by atoms with Crippen LogP contribution >= 0.6 is 0 Å². The topological polar surface area (TPSA) is 115 Å². The monoisotopic (exact) mass is 273 g/mol. The minimum Gasteiger partial charge on any atom is -0.330 e. The van der Waals surface area contributed by atoms with Crippen molar-refractivity contribution < 1.29 is 13.3 Å². The number of hydrogen-bond donors (Lipinski definition) is 2. The van der Waals surface area contributed by atoms with E-state index < -0.39 is 20.7 Å². The lowest BCUT2D eigenvalue weighted by atomic mass is 10.2. The fraction of sp³-hybridized carbons (Fsp3) is 0.400. The van der Waals surface area contributed by atoms with Gasteiger partial charge in [-0.1, -0.05) is 18.2 Å². The zero-order valence-corrected chi connectivity index (χ0v) is 10.5. The van der Waals surface area contributed by atoms with Crippen LogP contribution in [0.5, 0.6) is 0 Å². The summed E-state index contributed by atoms with van der Waals surface area (Å²) in [5.74, 6) is -0.408. The molecule has 0 aliphatic rings. The molecule has 8 heteroatoms. The van der Waals surface area contributed by atoms with Crippen molar-refractivity contribution in [2.75, 3.05) is 13.1 Å². The van der Waals surface area contributed by atoms with Crippen molar-refractivity contribution >= 4 is 15.7 Å². The van der Waals surface area contributed by atoms with Crippen LogP contribution in [0.4, 0.5) is 5.69 Å². The Hall–Kier alpha value is -1.51. The molecule has 7 nitrogen and oxygen atoms in total. The van der Waals surface area contributed by atoms with Crippen molar-refractivity contribution in [3.63, 3.8) is 0 Å². The van der Waals surface area contributed by atoms with Crippen LogP contribution in [-0.4, -0.2) is 26.4 Å². The predicted octanol–water partition coefficient (Wildman–Crippen LogP) is 0.363. The van der Waals surface area contributed by atoms with Crippen LogP contribution in [0.3, 0.4) is 0 Å². The molecule has 0 radical (unpaired) electrons. The molecule has 0 amide bonds. The van der Waals surface area contributed by atoms with Gasteiger partial charge in [-0.3, -0.25) is 10.1 Å². The van der Waals surface area contributed by atoms with Crippen LogP contribution in [0.1, 0.15) is 12.0 Å². The zero-order valence-electron chi connectivity index (χ0n) is 9.70. The van der Waals surface area contributed by atoms with Crippen LogP contribution < -0.4 is 10.5 Å². The predicted molar refractivity (Wildman–Crippen MR) is 67.4 cm³/mol. The number of hydrogen-bond acceptors (Lipinski definition) is 5. The first kappa shape index (κ1) is 14.6. The molecule has 0 aliphatic heterocycles. The zero-order chi connectivity index (χ0) is 13.6. The Balaban J connectivity index is 2.81. The van der Waals surface area contributed by atoms with E-state index in [1.165, 1.54) is 18.2 Å². The Bertz CT molecular complexity index is 516. The molecule has 0 aliphatic carbocycles. The maximum absolute atomic E-state index is 11.7. The summed E-state index contributed by atoms with van der Waals surface area (Å²) in [7, 11) is -3.57. The number of para-hydroxylation sites is 1. The minimum absolute atomic E-state index is 0.169. The first-order valence-corrected chi connectivity index (χ1v) is 7.01. The maximum atomic E-state index is 11.7. The molecule has 0 aromatic heterocycles. The number of sulfonamides is 1. The summed E-state index contributed by atoms with van der Waals surface area (Å²) < 4.78 is 25.7. The SMILES string of the molecule is NCCCNS(=O)(=O)Cc1ccccc1[N+](=O)[O-]. The third kappa shape index (κ3) is 4.40. The maximum Gasteiger partial charge on any atom is 0.273 e. The third-order valence-corrected chi connectivity index (χ3v) is 3.57. The van der Waals surface area contributed by atoms with Crippen molar-refractivity contribution in [3.8, 4) is 0 Å². The molecular weight excluding hydrogens is 258 g/mol. The van der Waals surface area contributed by atoms with E-state index >= 15 is 0 Å². The van der Waals surface area contributed by atoms with Gasteiger partial charge in [-0.15, -0.1) is 0 Å². The highest BCUT2D eigenvalue weighted by atomic mass is 32.2. The van der Waals surface area contributed by atoms with Crippen LogP contribution in [0.15, 0.2) is 24.3 Å². The summed E-state index contributed by atoms with van der Waals surface area (Å²) in [6, 6.07) is 5.78. The first-order valence-electron chi connectivity index (χ1n) is 5.36. The second-order valence-electron chi connectivity index (χ2n) is 3.68. The third-order valence-electron chi connectivity index (χ3n) is 2.24. The van der Waals surface area contributed by atoms with E-state index in [0.29, 0.717) is 13.0 Å².